The quantitative estimate of drug-likeness (QED) is 0.795. The summed E-state index contributed by atoms with van der Waals surface area (Å²) in [6.45, 7) is 2.04. The number of nitriles is 1. The maximum Gasteiger partial charge on any atom is 0.118 e. The van der Waals surface area contributed by atoms with E-state index in [4.69, 9.17) is 10.00 Å². The summed E-state index contributed by atoms with van der Waals surface area (Å²) in [5.41, 5.74) is 1.30. The van der Waals surface area contributed by atoms with Gasteiger partial charge in [-0.1, -0.05) is 12.1 Å². The molecule has 1 aliphatic rings. The van der Waals surface area contributed by atoms with Gasteiger partial charge in [0.2, 0.25) is 0 Å². The molecule has 1 unspecified atom stereocenters. The van der Waals surface area contributed by atoms with Crippen LogP contribution in [0.1, 0.15) is 18.4 Å². The summed E-state index contributed by atoms with van der Waals surface area (Å²) in [5.74, 6) is 0.893. The van der Waals surface area contributed by atoms with E-state index in [1.807, 2.05) is 12.1 Å². The summed E-state index contributed by atoms with van der Waals surface area (Å²) >= 11 is 0. The van der Waals surface area contributed by atoms with E-state index < -0.39 is 0 Å². The van der Waals surface area contributed by atoms with E-state index in [9.17, 15) is 0 Å². The van der Waals surface area contributed by atoms with Gasteiger partial charge >= 0.3 is 0 Å². The van der Waals surface area contributed by atoms with Gasteiger partial charge in [0, 0.05) is 6.54 Å². The van der Waals surface area contributed by atoms with E-state index >= 15 is 0 Å². The molecule has 1 aromatic carbocycles. The molecule has 1 aromatic rings. The molecule has 1 fully saturated rings. The average Bonchev–Trinajstić information content (AvgIpc) is 2.84. The molecule has 0 saturated carbocycles. The van der Waals surface area contributed by atoms with Crippen LogP contribution in [0.4, 0.5) is 0 Å². The maximum atomic E-state index is 8.99. The third-order valence-corrected chi connectivity index (χ3v) is 3.36. The molecule has 0 aromatic heterocycles. The van der Waals surface area contributed by atoms with Crippen LogP contribution in [-0.2, 0) is 6.42 Å². The zero-order valence-corrected chi connectivity index (χ0v) is 10.2. The highest BCUT2D eigenvalue weighted by atomic mass is 16.5. The molecular formula is C14H18N2O. The van der Waals surface area contributed by atoms with Crippen LogP contribution >= 0.6 is 0 Å². The molecule has 2 rings (SSSR count). The Morgan fingerprint density at radius 3 is 2.82 bits per heavy atom. The molecule has 1 aliphatic heterocycles. The van der Waals surface area contributed by atoms with Gasteiger partial charge < -0.3 is 4.74 Å². The highest BCUT2D eigenvalue weighted by Crippen LogP contribution is 2.17. The fourth-order valence-electron chi connectivity index (χ4n) is 2.30. The van der Waals surface area contributed by atoms with Gasteiger partial charge in [-0.2, -0.15) is 5.26 Å². The fraction of sp³-hybridized carbons (Fsp3) is 0.500. The largest absolute Gasteiger partial charge is 0.497 e. The van der Waals surface area contributed by atoms with Crippen LogP contribution in [-0.4, -0.2) is 31.1 Å². The van der Waals surface area contributed by atoms with Crippen LogP contribution in [0.5, 0.6) is 5.75 Å². The van der Waals surface area contributed by atoms with Gasteiger partial charge in [-0.25, -0.2) is 0 Å². The minimum Gasteiger partial charge on any atom is -0.497 e. The Bertz CT molecular complexity index is 394. The Labute approximate surface area is 103 Å². The smallest absolute Gasteiger partial charge is 0.118 e. The van der Waals surface area contributed by atoms with Gasteiger partial charge in [-0.05, 0) is 43.5 Å². The van der Waals surface area contributed by atoms with Crippen molar-refractivity contribution in [3.05, 3.63) is 29.8 Å². The predicted molar refractivity (Wildman–Crippen MR) is 66.9 cm³/mol. The first-order chi connectivity index (χ1) is 8.33. The van der Waals surface area contributed by atoms with E-state index in [0.717, 1.165) is 38.1 Å². The lowest BCUT2D eigenvalue weighted by molar-refractivity contribution is 0.298. The summed E-state index contributed by atoms with van der Waals surface area (Å²) in [4.78, 5) is 2.28. The Kier molecular flexibility index (Phi) is 4.00. The number of rotatable bonds is 4. The molecule has 0 radical (unpaired) electrons. The van der Waals surface area contributed by atoms with E-state index in [2.05, 4.69) is 23.1 Å². The molecule has 17 heavy (non-hydrogen) atoms. The lowest BCUT2D eigenvalue weighted by Crippen LogP contribution is -2.30. The molecule has 1 heterocycles. The van der Waals surface area contributed by atoms with Crippen LogP contribution < -0.4 is 4.74 Å². The SMILES string of the molecule is COc1ccc(CCN2CCCC2C#N)cc1. The van der Waals surface area contributed by atoms with Gasteiger partial charge in [0.1, 0.15) is 5.75 Å². The molecule has 1 atom stereocenters. The number of methoxy groups -OCH3 is 1. The number of hydrogen-bond donors (Lipinski definition) is 0. The number of hydrogen-bond acceptors (Lipinski definition) is 3. The lowest BCUT2D eigenvalue weighted by atomic mass is 10.1. The second kappa shape index (κ2) is 5.70. The van der Waals surface area contributed by atoms with Crippen molar-refractivity contribution >= 4 is 0 Å². The maximum absolute atomic E-state index is 8.99. The first kappa shape index (κ1) is 11.9. The Balaban J connectivity index is 1.87. The summed E-state index contributed by atoms with van der Waals surface area (Å²) in [6.07, 6.45) is 3.18. The summed E-state index contributed by atoms with van der Waals surface area (Å²) < 4.78 is 5.13. The van der Waals surface area contributed by atoms with Crippen LogP contribution in [0.3, 0.4) is 0 Å². The van der Waals surface area contributed by atoms with Gasteiger partial charge in [-0.3, -0.25) is 4.90 Å². The number of likely N-dealkylation sites (tertiary alicyclic amines) is 1. The number of benzene rings is 1. The zero-order valence-electron chi connectivity index (χ0n) is 10.2. The second-order valence-electron chi connectivity index (χ2n) is 4.42. The number of ether oxygens (including phenoxy) is 1. The first-order valence-electron chi connectivity index (χ1n) is 6.10. The molecule has 0 aliphatic carbocycles. The van der Waals surface area contributed by atoms with Crippen molar-refractivity contribution in [1.82, 2.24) is 4.90 Å². The van der Waals surface area contributed by atoms with Crippen molar-refractivity contribution < 1.29 is 4.74 Å². The minimum absolute atomic E-state index is 0.133. The standard InChI is InChI=1S/C14H18N2O/c1-17-14-6-4-12(5-7-14)8-10-16-9-2-3-13(16)11-15/h4-7,13H,2-3,8-10H2,1H3. The van der Waals surface area contributed by atoms with Crippen LogP contribution in [0.25, 0.3) is 0 Å². The third kappa shape index (κ3) is 2.98. The van der Waals surface area contributed by atoms with Crippen molar-refractivity contribution in [3.63, 3.8) is 0 Å². The van der Waals surface area contributed by atoms with Gasteiger partial charge in [0.15, 0.2) is 0 Å². The molecule has 0 amide bonds. The Morgan fingerprint density at radius 1 is 1.41 bits per heavy atom. The molecule has 0 bridgehead atoms. The van der Waals surface area contributed by atoms with Crippen molar-refractivity contribution in [1.29, 1.82) is 5.26 Å². The van der Waals surface area contributed by atoms with E-state index in [1.54, 1.807) is 7.11 Å². The van der Waals surface area contributed by atoms with E-state index in [-0.39, 0.29) is 6.04 Å². The highest BCUT2D eigenvalue weighted by molar-refractivity contribution is 5.27. The van der Waals surface area contributed by atoms with Crippen LogP contribution in [0, 0.1) is 11.3 Å². The van der Waals surface area contributed by atoms with Crippen molar-refractivity contribution in [2.24, 2.45) is 0 Å². The van der Waals surface area contributed by atoms with Crippen molar-refractivity contribution in [2.75, 3.05) is 20.2 Å². The summed E-state index contributed by atoms with van der Waals surface area (Å²) in [6, 6.07) is 10.7. The summed E-state index contributed by atoms with van der Waals surface area (Å²) in [7, 11) is 1.68. The fourth-order valence-corrected chi connectivity index (χ4v) is 2.30. The molecule has 3 heteroatoms. The molecule has 3 nitrogen and oxygen atoms in total. The molecule has 1 saturated heterocycles. The van der Waals surface area contributed by atoms with Gasteiger partial charge in [0.05, 0.1) is 19.2 Å². The van der Waals surface area contributed by atoms with Gasteiger partial charge in [0.25, 0.3) is 0 Å². The lowest BCUT2D eigenvalue weighted by Gasteiger charge is -2.18. The molecule has 0 spiro atoms. The summed E-state index contributed by atoms with van der Waals surface area (Å²) in [5, 5.41) is 8.99. The monoisotopic (exact) mass is 230 g/mol. The molecular weight excluding hydrogens is 212 g/mol. The topological polar surface area (TPSA) is 36.3 Å². The Morgan fingerprint density at radius 2 is 2.18 bits per heavy atom. The average molecular weight is 230 g/mol. The minimum atomic E-state index is 0.133. The molecule has 90 valence electrons. The van der Waals surface area contributed by atoms with Crippen LogP contribution in [0.2, 0.25) is 0 Å². The third-order valence-electron chi connectivity index (χ3n) is 3.36. The van der Waals surface area contributed by atoms with Gasteiger partial charge in [-0.15, -0.1) is 0 Å². The molecule has 0 N–H and O–H groups in total. The Hall–Kier alpha value is -1.53. The first-order valence-corrected chi connectivity index (χ1v) is 6.10. The highest BCUT2D eigenvalue weighted by Gasteiger charge is 2.23. The van der Waals surface area contributed by atoms with E-state index in [0.29, 0.717) is 0 Å². The van der Waals surface area contributed by atoms with Crippen molar-refractivity contribution in [2.45, 2.75) is 25.3 Å². The normalized spacial score (nSPS) is 20.1. The predicted octanol–water partition coefficient (Wildman–Crippen LogP) is 2.23. The number of nitrogens with zero attached hydrogens (tertiary/aromatic N) is 2. The van der Waals surface area contributed by atoms with E-state index in [1.165, 1.54) is 5.56 Å². The van der Waals surface area contributed by atoms with Crippen LogP contribution in [0.15, 0.2) is 24.3 Å². The van der Waals surface area contributed by atoms with Crippen molar-refractivity contribution in [3.8, 4) is 11.8 Å². The zero-order chi connectivity index (χ0) is 12.1. The second-order valence-corrected chi connectivity index (χ2v) is 4.42.